The van der Waals surface area contributed by atoms with Crippen molar-refractivity contribution in [3.63, 3.8) is 0 Å². The van der Waals surface area contributed by atoms with Gasteiger partial charge in [-0.2, -0.15) is 0 Å². The molecule has 0 unspecified atom stereocenters. The smallest absolute Gasteiger partial charge is 0.278 e. The van der Waals surface area contributed by atoms with Crippen LogP contribution < -0.4 is 5.32 Å². The second-order valence-electron chi connectivity index (χ2n) is 2.36. The second kappa shape index (κ2) is 4.24. The molecule has 9 heteroatoms. The predicted octanol–water partition coefficient (Wildman–Crippen LogP) is 0.629. The van der Waals surface area contributed by atoms with Crippen molar-refractivity contribution in [2.45, 2.75) is 0 Å². The van der Waals surface area contributed by atoms with Gasteiger partial charge in [0.15, 0.2) is 10.8 Å². The Labute approximate surface area is 92.7 Å². The summed E-state index contributed by atoms with van der Waals surface area (Å²) in [7, 11) is 0. The fourth-order valence-electron chi connectivity index (χ4n) is 0.780. The number of carbonyl (C=O) groups is 1. The summed E-state index contributed by atoms with van der Waals surface area (Å²) in [5.74, 6) is -0.433. The number of hydrogen-bond donors (Lipinski definition) is 1. The maximum atomic E-state index is 11.5. The van der Waals surface area contributed by atoms with Gasteiger partial charge in [-0.15, -0.1) is 10.2 Å². The van der Waals surface area contributed by atoms with Gasteiger partial charge in [0.25, 0.3) is 5.91 Å². The summed E-state index contributed by atoms with van der Waals surface area (Å²) in [5.41, 5.74) is 0.148. The maximum absolute atomic E-state index is 11.5. The van der Waals surface area contributed by atoms with Crippen molar-refractivity contribution in [3.05, 3.63) is 23.0 Å². The number of nitrogens with one attached hydrogen (secondary N) is 1. The van der Waals surface area contributed by atoms with Crippen LogP contribution in [-0.2, 0) is 0 Å². The Morgan fingerprint density at radius 2 is 2.20 bits per heavy atom. The third-order valence-corrected chi connectivity index (χ3v) is 2.10. The van der Waals surface area contributed by atoms with Gasteiger partial charge in [-0.05, 0) is 17.3 Å². The van der Waals surface area contributed by atoms with Gasteiger partial charge in [0, 0.05) is 11.5 Å². The summed E-state index contributed by atoms with van der Waals surface area (Å²) in [6.07, 6.45) is 0. The summed E-state index contributed by atoms with van der Waals surface area (Å²) in [6.45, 7) is 0. The van der Waals surface area contributed by atoms with E-state index in [-0.39, 0.29) is 10.8 Å². The zero-order valence-corrected chi connectivity index (χ0v) is 8.66. The molecular formula is C6H3ClN6OS. The maximum Gasteiger partial charge on any atom is 0.278 e. The van der Waals surface area contributed by atoms with Crippen molar-refractivity contribution in [1.82, 2.24) is 25.0 Å². The molecule has 0 fully saturated rings. The van der Waals surface area contributed by atoms with Gasteiger partial charge in [0.1, 0.15) is 0 Å². The van der Waals surface area contributed by atoms with E-state index in [9.17, 15) is 4.79 Å². The van der Waals surface area contributed by atoms with Gasteiger partial charge in [-0.25, -0.2) is 0 Å². The first-order valence-corrected chi connectivity index (χ1v) is 4.86. The van der Waals surface area contributed by atoms with Crippen LogP contribution in [0.1, 0.15) is 10.5 Å². The summed E-state index contributed by atoms with van der Waals surface area (Å²) in [5, 5.41) is 17.0. The van der Waals surface area contributed by atoms with Gasteiger partial charge in [0.05, 0.1) is 0 Å². The van der Waals surface area contributed by atoms with Crippen molar-refractivity contribution in [1.29, 1.82) is 0 Å². The van der Waals surface area contributed by atoms with Gasteiger partial charge in [-0.3, -0.25) is 10.1 Å². The monoisotopic (exact) mass is 242 g/mol. The lowest BCUT2D eigenvalue weighted by Gasteiger charge is -1.97. The summed E-state index contributed by atoms with van der Waals surface area (Å²) < 4.78 is 3.49. The molecule has 2 heterocycles. The molecule has 15 heavy (non-hydrogen) atoms. The molecule has 0 spiro atoms. The lowest BCUT2D eigenvalue weighted by Crippen LogP contribution is -2.14. The number of amides is 1. The van der Waals surface area contributed by atoms with E-state index < -0.39 is 5.91 Å². The highest BCUT2D eigenvalue weighted by Crippen LogP contribution is 2.07. The number of halogens is 1. The molecule has 0 aliphatic heterocycles. The van der Waals surface area contributed by atoms with Crippen LogP contribution in [0.4, 0.5) is 5.13 Å². The van der Waals surface area contributed by atoms with Crippen LogP contribution in [0.3, 0.4) is 0 Å². The van der Waals surface area contributed by atoms with Crippen LogP contribution in [-0.4, -0.2) is 30.9 Å². The SMILES string of the molecule is O=C(Nc1nnns1)c1ccc(Cl)nn1. The predicted molar refractivity (Wildman–Crippen MR) is 52.7 cm³/mol. The normalized spacial score (nSPS) is 9.93. The lowest BCUT2D eigenvalue weighted by atomic mass is 10.4. The molecule has 1 amide bonds. The van der Waals surface area contributed by atoms with Crippen molar-refractivity contribution in [2.75, 3.05) is 5.32 Å². The Morgan fingerprint density at radius 1 is 1.33 bits per heavy atom. The summed E-state index contributed by atoms with van der Waals surface area (Å²) in [6, 6.07) is 2.93. The molecule has 0 saturated heterocycles. The van der Waals surface area contributed by atoms with Gasteiger partial charge < -0.3 is 0 Å². The molecular weight excluding hydrogens is 240 g/mol. The van der Waals surface area contributed by atoms with E-state index in [4.69, 9.17) is 11.6 Å². The van der Waals surface area contributed by atoms with Crippen LogP contribution in [0.25, 0.3) is 0 Å². The van der Waals surface area contributed by atoms with E-state index in [0.717, 1.165) is 11.5 Å². The first-order chi connectivity index (χ1) is 7.25. The number of nitrogens with zero attached hydrogens (tertiary/aromatic N) is 5. The molecule has 7 nitrogen and oxygen atoms in total. The Hall–Kier alpha value is -1.67. The highest BCUT2D eigenvalue weighted by atomic mass is 35.5. The Kier molecular flexibility index (Phi) is 2.79. The molecule has 1 N–H and O–H groups in total. The third-order valence-electron chi connectivity index (χ3n) is 1.38. The van der Waals surface area contributed by atoms with Gasteiger partial charge in [-0.1, -0.05) is 21.2 Å². The Balaban J connectivity index is 2.11. The molecule has 0 radical (unpaired) electrons. The zero-order chi connectivity index (χ0) is 10.7. The summed E-state index contributed by atoms with van der Waals surface area (Å²) in [4.78, 5) is 11.5. The van der Waals surface area contributed by atoms with E-state index in [1.54, 1.807) is 0 Å². The third kappa shape index (κ3) is 2.42. The topological polar surface area (TPSA) is 93.6 Å². The number of rotatable bonds is 2. The molecule has 0 saturated carbocycles. The number of aromatic nitrogens is 5. The van der Waals surface area contributed by atoms with Gasteiger partial charge in [0.2, 0.25) is 5.13 Å². The fourth-order valence-corrected chi connectivity index (χ4v) is 1.24. The van der Waals surface area contributed by atoms with E-state index in [1.807, 2.05) is 0 Å². The standard InChI is InChI=1S/C6H3ClN6OS/c7-4-2-1-3(9-10-4)5(14)8-6-11-12-13-15-6/h1-2H,(H,8,11,13,14). The molecule has 0 aliphatic carbocycles. The molecule has 2 aromatic rings. The van der Waals surface area contributed by atoms with Crippen molar-refractivity contribution in [3.8, 4) is 0 Å². The minimum Gasteiger partial charge on any atom is -0.294 e. The van der Waals surface area contributed by atoms with E-state index in [1.165, 1.54) is 12.1 Å². The fraction of sp³-hybridized carbons (Fsp3) is 0. The van der Waals surface area contributed by atoms with Crippen LogP contribution in [0.5, 0.6) is 0 Å². The second-order valence-corrected chi connectivity index (χ2v) is 3.48. The van der Waals surface area contributed by atoms with E-state index >= 15 is 0 Å². The minimum absolute atomic E-state index is 0.148. The first-order valence-electron chi connectivity index (χ1n) is 3.71. The highest BCUT2D eigenvalue weighted by Gasteiger charge is 2.10. The quantitative estimate of drug-likeness (QED) is 0.830. The Morgan fingerprint density at radius 3 is 2.80 bits per heavy atom. The van der Waals surface area contributed by atoms with Crippen LogP contribution in [0.15, 0.2) is 12.1 Å². The Bertz CT molecular complexity index is 457. The average Bonchev–Trinajstić information content (AvgIpc) is 2.71. The molecule has 0 aliphatic rings. The zero-order valence-electron chi connectivity index (χ0n) is 7.09. The highest BCUT2D eigenvalue weighted by molar-refractivity contribution is 7.09. The largest absolute Gasteiger partial charge is 0.294 e. The molecule has 2 aromatic heterocycles. The molecule has 0 atom stereocenters. The van der Waals surface area contributed by atoms with E-state index in [0.29, 0.717) is 5.13 Å². The molecule has 0 aromatic carbocycles. The van der Waals surface area contributed by atoms with Crippen molar-refractivity contribution < 1.29 is 4.79 Å². The lowest BCUT2D eigenvalue weighted by molar-refractivity contribution is 0.102. The van der Waals surface area contributed by atoms with Gasteiger partial charge >= 0.3 is 0 Å². The minimum atomic E-state index is -0.433. The van der Waals surface area contributed by atoms with Crippen molar-refractivity contribution in [2.24, 2.45) is 0 Å². The molecule has 2 rings (SSSR count). The van der Waals surface area contributed by atoms with Crippen LogP contribution in [0.2, 0.25) is 5.15 Å². The van der Waals surface area contributed by atoms with Crippen molar-refractivity contribution >= 4 is 34.2 Å². The molecule has 0 bridgehead atoms. The van der Waals surface area contributed by atoms with Crippen LogP contribution in [0, 0.1) is 0 Å². The number of anilines is 1. The number of carbonyl (C=O) groups excluding carboxylic acids is 1. The van der Waals surface area contributed by atoms with E-state index in [2.05, 4.69) is 30.3 Å². The van der Waals surface area contributed by atoms with Crippen LogP contribution >= 0.6 is 23.1 Å². The number of hydrogen-bond acceptors (Lipinski definition) is 7. The molecule has 76 valence electrons. The average molecular weight is 243 g/mol. The summed E-state index contributed by atoms with van der Waals surface area (Å²) >= 11 is 6.49. The first kappa shape index (κ1) is 9.87.